The molecular formula is C20H25Cl2N5O5. The zero-order valence-electron chi connectivity index (χ0n) is 17.6. The summed E-state index contributed by atoms with van der Waals surface area (Å²) in [4.78, 5) is 37.2. The molecule has 0 aliphatic carbocycles. The van der Waals surface area contributed by atoms with Crippen molar-refractivity contribution in [3.8, 4) is 6.07 Å². The molecule has 1 aliphatic rings. The van der Waals surface area contributed by atoms with Crippen molar-refractivity contribution in [2.24, 2.45) is 0 Å². The van der Waals surface area contributed by atoms with E-state index in [1.165, 1.54) is 6.20 Å². The van der Waals surface area contributed by atoms with Gasteiger partial charge in [0.2, 0.25) is 5.91 Å². The summed E-state index contributed by atoms with van der Waals surface area (Å²) in [6, 6.07) is 3.51. The number of carboxylic acid groups (broad SMARTS) is 2. The van der Waals surface area contributed by atoms with Crippen LogP contribution in [0.1, 0.15) is 26.7 Å². The topological polar surface area (TPSA) is 156 Å². The van der Waals surface area contributed by atoms with Gasteiger partial charge < -0.3 is 25.7 Å². The van der Waals surface area contributed by atoms with Crippen LogP contribution in [0, 0.1) is 11.3 Å². The number of likely N-dealkylation sites (tertiary alicyclic amines) is 1. The first-order valence-electron chi connectivity index (χ1n) is 9.58. The zero-order chi connectivity index (χ0) is 24.3. The summed E-state index contributed by atoms with van der Waals surface area (Å²) in [5.41, 5.74) is -0.359. The number of nitrogens with zero attached hydrogens (tertiary/aromatic N) is 3. The number of aliphatic carboxylic acids is 2. The highest BCUT2D eigenvalue weighted by Gasteiger charge is 2.29. The van der Waals surface area contributed by atoms with Gasteiger partial charge in [0.25, 0.3) is 0 Å². The fourth-order valence-electron chi connectivity index (χ4n) is 2.67. The third kappa shape index (κ3) is 9.96. The van der Waals surface area contributed by atoms with Gasteiger partial charge in [-0.2, -0.15) is 5.26 Å². The number of hydrogen-bond donors (Lipinski definition) is 4. The van der Waals surface area contributed by atoms with Crippen molar-refractivity contribution in [1.82, 2.24) is 15.2 Å². The van der Waals surface area contributed by atoms with Gasteiger partial charge in [0.15, 0.2) is 0 Å². The highest BCUT2D eigenvalue weighted by atomic mass is 35.5. The van der Waals surface area contributed by atoms with Gasteiger partial charge in [0, 0.05) is 37.0 Å². The number of aromatic nitrogens is 1. The Bertz CT molecular complexity index is 885. The first kappa shape index (κ1) is 27.2. The number of hydrogen-bond acceptors (Lipinski definition) is 7. The predicted molar refractivity (Wildman–Crippen MR) is 120 cm³/mol. The molecule has 4 N–H and O–H groups in total. The summed E-state index contributed by atoms with van der Waals surface area (Å²) in [7, 11) is 0. The average Bonchev–Trinajstić information content (AvgIpc) is 3.19. The number of rotatable bonds is 8. The van der Waals surface area contributed by atoms with Crippen LogP contribution in [-0.2, 0) is 14.4 Å². The molecule has 0 bridgehead atoms. The molecule has 10 nitrogen and oxygen atoms in total. The minimum Gasteiger partial charge on any atom is -0.478 e. The lowest BCUT2D eigenvalue weighted by molar-refractivity contribution is -0.134. The van der Waals surface area contributed by atoms with Gasteiger partial charge in [-0.05, 0) is 32.8 Å². The summed E-state index contributed by atoms with van der Waals surface area (Å²) in [5, 5.41) is 32.0. The number of anilines is 1. The number of carbonyl (C=O) groups is 3. The lowest BCUT2D eigenvalue weighted by atomic mass is 10.1. The molecular weight excluding hydrogens is 461 g/mol. The van der Waals surface area contributed by atoms with Crippen molar-refractivity contribution >= 4 is 46.9 Å². The summed E-state index contributed by atoms with van der Waals surface area (Å²) < 4.78 is 0. The van der Waals surface area contributed by atoms with Gasteiger partial charge >= 0.3 is 11.9 Å². The van der Waals surface area contributed by atoms with Gasteiger partial charge in [-0.25, -0.2) is 14.6 Å². The number of halogens is 2. The van der Waals surface area contributed by atoms with Crippen molar-refractivity contribution in [3.05, 3.63) is 34.5 Å². The molecule has 12 heteroatoms. The highest BCUT2D eigenvalue weighted by Crippen LogP contribution is 2.23. The summed E-state index contributed by atoms with van der Waals surface area (Å²) in [6.07, 6.45) is 4.28. The molecule has 1 amide bonds. The van der Waals surface area contributed by atoms with E-state index in [1.807, 2.05) is 13.8 Å². The molecule has 1 aromatic rings. The molecule has 1 aromatic heterocycles. The Labute approximate surface area is 195 Å². The predicted octanol–water partition coefficient (Wildman–Crippen LogP) is 2.39. The number of amides is 1. The number of nitrogens with one attached hydrogen (secondary N) is 2. The Balaban J connectivity index is 0.000000547. The van der Waals surface area contributed by atoms with Crippen molar-refractivity contribution < 1.29 is 24.6 Å². The van der Waals surface area contributed by atoms with Gasteiger partial charge in [-0.3, -0.25) is 4.79 Å². The number of pyridine rings is 1. The van der Waals surface area contributed by atoms with Gasteiger partial charge in [-0.1, -0.05) is 23.2 Å². The van der Waals surface area contributed by atoms with E-state index in [2.05, 4.69) is 21.7 Å². The SMILES string of the molecule is CC(C)(CNc1ncc(Cl)cc1Cl)NCC(=O)N1CCC[C@H]1C#N.O=C(O)/C=C/C(=O)O. The minimum atomic E-state index is -1.26. The lowest BCUT2D eigenvalue weighted by Gasteiger charge is -2.28. The molecule has 0 unspecified atom stereocenters. The van der Waals surface area contributed by atoms with Gasteiger partial charge in [-0.15, -0.1) is 0 Å². The van der Waals surface area contributed by atoms with Gasteiger partial charge in [0.05, 0.1) is 22.7 Å². The Hall–Kier alpha value is -2.87. The van der Waals surface area contributed by atoms with E-state index in [9.17, 15) is 14.4 Å². The Morgan fingerprint density at radius 1 is 1.31 bits per heavy atom. The second kappa shape index (κ2) is 12.9. The monoisotopic (exact) mass is 485 g/mol. The average molecular weight is 486 g/mol. The number of carboxylic acids is 2. The van der Waals surface area contributed by atoms with Crippen LogP contribution in [0.2, 0.25) is 10.0 Å². The summed E-state index contributed by atoms with van der Waals surface area (Å²) in [5.74, 6) is -2.01. The first-order valence-corrected chi connectivity index (χ1v) is 10.3. The van der Waals surface area contributed by atoms with E-state index in [1.54, 1.807) is 11.0 Å². The number of nitriles is 1. The van der Waals surface area contributed by atoms with E-state index < -0.39 is 11.9 Å². The molecule has 0 radical (unpaired) electrons. The summed E-state index contributed by atoms with van der Waals surface area (Å²) >= 11 is 11.9. The maximum atomic E-state index is 12.3. The van der Waals surface area contributed by atoms with Crippen LogP contribution >= 0.6 is 23.2 Å². The quantitative estimate of drug-likeness (QED) is 0.405. The molecule has 1 fully saturated rings. The van der Waals surface area contributed by atoms with E-state index in [0.29, 0.717) is 41.1 Å². The largest absolute Gasteiger partial charge is 0.478 e. The van der Waals surface area contributed by atoms with Crippen molar-refractivity contribution in [2.45, 2.75) is 38.3 Å². The van der Waals surface area contributed by atoms with E-state index in [4.69, 9.17) is 38.7 Å². The molecule has 0 aromatic carbocycles. The highest BCUT2D eigenvalue weighted by molar-refractivity contribution is 6.35. The van der Waals surface area contributed by atoms with Crippen molar-refractivity contribution in [3.63, 3.8) is 0 Å². The fraction of sp³-hybridized carbons (Fsp3) is 0.450. The first-order chi connectivity index (χ1) is 14.9. The Morgan fingerprint density at radius 3 is 2.47 bits per heavy atom. The molecule has 1 aliphatic heterocycles. The van der Waals surface area contributed by atoms with Crippen LogP contribution in [0.15, 0.2) is 24.4 Å². The zero-order valence-corrected chi connectivity index (χ0v) is 19.2. The second-order valence-corrected chi connectivity index (χ2v) is 8.30. The fourth-order valence-corrected chi connectivity index (χ4v) is 3.12. The molecule has 1 saturated heterocycles. The molecule has 174 valence electrons. The van der Waals surface area contributed by atoms with Crippen LogP contribution in [-0.4, -0.2) is 69.2 Å². The molecule has 1 atom stereocenters. The third-order valence-electron chi connectivity index (χ3n) is 4.31. The molecule has 0 spiro atoms. The van der Waals surface area contributed by atoms with Crippen LogP contribution in [0.5, 0.6) is 0 Å². The van der Waals surface area contributed by atoms with E-state index >= 15 is 0 Å². The Morgan fingerprint density at radius 2 is 1.94 bits per heavy atom. The minimum absolute atomic E-state index is 0.0465. The normalized spacial score (nSPS) is 15.6. The molecule has 0 saturated carbocycles. The van der Waals surface area contributed by atoms with E-state index in [0.717, 1.165) is 12.8 Å². The molecule has 32 heavy (non-hydrogen) atoms. The smallest absolute Gasteiger partial charge is 0.328 e. The lowest BCUT2D eigenvalue weighted by Crippen LogP contribution is -2.50. The third-order valence-corrected chi connectivity index (χ3v) is 4.81. The second-order valence-electron chi connectivity index (χ2n) is 7.46. The summed E-state index contributed by atoms with van der Waals surface area (Å²) in [6.45, 7) is 5.32. The van der Waals surface area contributed by atoms with E-state index in [-0.39, 0.29) is 24.0 Å². The van der Waals surface area contributed by atoms with Gasteiger partial charge in [0.1, 0.15) is 11.9 Å². The molecule has 2 rings (SSSR count). The Kier molecular flexibility index (Phi) is 10.9. The van der Waals surface area contributed by atoms with Crippen LogP contribution in [0.4, 0.5) is 5.82 Å². The number of carbonyl (C=O) groups excluding carboxylic acids is 1. The standard InChI is InChI=1S/C16H21Cl2N5O.C4H4O4/c1-16(2,10-21-15-13(18)6-11(17)8-20-15)22-9-14(24)23-5-3-4-12(23)7-19;5-3(6)1-2-4(7)8/h6,8,12,22H,3-5,9-10H2,1-2H3,(H,20,21);1-2H,(H,5,6)(H,7,8)/b;2-1+/t12-;/m0./s1. The molecule has 2 heterocycles. The van der Waals surface area contributed by atoms with Crippen molar-refractivity contribution in [1.29, 1.82) is 5.26 Å². The van der Waals surface area contributed by atoms with Crippen molar-refractivity contribution in [2.75, 3.05) is 25.0 Å². The maximum absolute atomic E-state index is 12.3. The van der Waals surface area contributed by atoms with Crippen LogP contribution in [0.3, 0.4) is 0 Å². The van der Waals surface area contributed by atoms with Crippen LogP contribution in [0.25, 0.3) is 0 Å². The van der Waals surface area contributed by atoms with Crippen LogP contribution < -0.4 is 10.6 Å². The maximum Gasteiger partial charge on any atom is 0.328 e.